The summed E-state index contributed by atoms with van der Waals surface area (Å²) in [6.07, 6.45) is 6.01. The lowest BCUT2D eigenvalue weighted by Crippen LogP contribution is -2.40. The fourth-order valence-corrected chi connectivity index (χ4v) is 2.67. The molecule has 4 heteroatoms. The van der Waals surface area contributed by atoms with Crippen LogP contribution >= 0.6 is 0 Å². The molecule has 3 aliphatic carbocycles. The Bertz CT molecular complexity index is 351. The van der Waals surface area contributed by atoms with Gasteiger partial charge in [-0.25, -0.2) is 0 Å². The van der Waals surface area contributed by atoms with Gasteiger partial charge in [0.2, 0.25) is 5.91 Å². The van der Waals surface area contributed by atoms with Gasteiger partial charge < -0.3 is 10.4 Å². The van der Waals surface area contributed by atoms with E-state index < -0.39 is 11.4 Å². The van der Waals surface area contributed by atoms with Crippen LogP contribution in [-0.4, -0.2) is 23.5 Å². The maximum Gasteiger partial charge on any atom is 0.319 e. The minimum atomic E-state index is -1.07. The molecule has 3 aliphatic rings. The molecule has 0 atom stereocenters. The second-order valence-electron chi connectivity index (χ2n) is 5.71. The van der Waals surface area contributed by atoms with E-state index in [1.807, 2.05) is 0 Å². The first-order valence-corrected chi connectivity index (χ1v) is 6.11. The number of carboxylic acids is 1. The Morgan fingerprint density at radius 2 is 1.81 bits per heavy atom. The predicted octanol–water partition coefficient (Wildman–Crippen LogP) is 1.16. The van der Waals surface area contributed by atoms with Crippen molar-refractivity contribution in [1.82, 2.24) is 5.32 Å². The third-order valence-corrected chi connectivity index (χ3v) is 4.53. The van der Waals surface area contributed by atoms with E-state index >= 15 is 0 Å². The SMILES string of the molecule is O=C(O)C1(C(=O)NCC2(C3CC3)CC2)CC1. The first kappa shape index (κ1) is 10.1. The van der Waals surface area contributed by atoms with Gasteiger partial charge in [0.15, 0.2) is 0 Å². The maximum atomic E-state index is 11.8. The molecule has 0 radical (unpaired) electrons. The molecule has 3 rings (SSSR count). The van der Waals surface area contributed by atoms with E-state index in [-0.39, 0.29) is 5.91 Å². The maximum absolute atomic E-state index is 11.8. The number of amides is 1. The van der Waals surface area contributed by atoms with Crippen LogP contribution in [0.1, 0.15) is 38.5 Å². The second kappa shape index (κ2) is 2.99. The molecular weight excluding hydrogens is 206 g/mol. The topological polar surface area (TPSA) is 66.4 Å². The first-order chi connectivity index (χ1) is 7.59. The van der Waals surface area contributed by atoms with Crippen molar-refractivity contribution in [2.75, 3.05) is 6.54 Å². The monoisotopic (exact) mass is 223 g/mol. The zero-order valence-electron chi connectivity index (χ0n) is 9.29. The highest BCUT2D eigenvalue weighted by atomic mass is 16.4. The van der Waals surface area contributed by atoms with Crippen LogP contribution < -0.4 is 5.32 Å². The van der Waals surface area contributed by atoms with E-state index in [2.05, 4.69) is 5.32 Å². The summed E-state index contributed by atoms with van der Waals surface area (Å²) >= 11 is 0. The highest BCUT2D eigenvalue weighted by Gasteiger charge is 2.59. The molecule has 3 fully saturated rings. The number of nitrogens with one attached hydrogen (secondary N) is 1. The molecule has 0 aromatic carbocycles. The van der Waals surface area contributed by atoms with Crippen LogP contribution in [0, 0.1) is 16.7 Å². The Balaban J connectivity index is 1.56. The molecule has 4 nitrogen and oxygen atoms in total. The molecule has 0 aromatic rings. The smallest absolute Gasteiger partial charge is 0.319 e. The Kier molecular flexibility index (Phi) is 1.89. The lowest BCUT2D eigenvalue weighted by Gasteiger charge is -2.17. The average Bonchev–Trinajstić information content (AvgIpc) is 3.16. The molecule has 0 saturated heterocycles. The van der Waals surface area contributed by atoms with Crippen LogP contribution in [0.2, 0.25) is 0 Å². The van der Waals surface area contributed by atoms with Gasteiger partial charge in [0.25, 0.3) is 0 Å². The third kappa shape index (κ3) is 1.43. The van der Waals surface area contributed by atoms with Gasteiger partial charge in [-0.3, -0.25) is 9.59 Å². The molecule has 0 unspecified atom stereocenters. The Morgan fingerprint density at radius 1 is 1.19 bits per heavy atom. The molecule has 0 spiro atoms. The van der Waals surface area contributed by atoms with Gasteiger partial charge in [0.05, 0.1) is 0 Å². The molecule has 0 aliphatic heterocycles. The van der Waals surface area contributed by atoms with Crippen molar-refractivity contribution in [2.45, 2.75) is 38.5 Å². The van der Waals surface area contributed by atoms with Crippen molar-refractivity contribution in [1.29, 1.82) is 0 Å². The lowest BCUT2D eigenvalue weighted by atomic mass is 9.99. The molecule has 88 valence electrons. The number of carbonyl (C=O) groups excluding carboxylic acids is 1. The molecule has 3 saturated carbocycles. The van der Waals surface area contributed by atoms with Crippen molar-refractivity contribution in [3.8, 4) is 0 Å². The molecule has 16 heavy (non-hydrogen) atoms. The van der Waals surface area contributed by atoms with Gasteiger partial charge in [0.1, 0.15) is 5.41 Å². The third-order valence-electron chi connectivity index (χ3n) is 4.53. The van der Waals surface area contributed by atoms with E-state index in [0.717, 1.165) is 5.92 Å². The molecule has 2 N–H and O–H groups in total. The van der Waals surface area contributed by atoms with Gasteiger partial charge in [0, 0.05) is 6.54 Å². The van der Waals surface area contributed by atoms with Crippen LogP contribution in [0.3, 0.4) is 0 Å². The quantitative estimate of drug-likeness (QED) is 0.687. The minimum absolute atomic E-state index is 0.257. The van der Waals surface area contributed by atoms with Crippen LogP contribution in [0.25, 0.3) is 0 Å². The van der Waals surface area contributed by atoms with Crippen LogP contribution in [0.4, 0.5) is 0 Å². The second-order valence-corrected chi connectivity index (χ2v) is 5.71. The van der Waals surface area contributed by atoms with Gasteiger partial charge in [-0.15, -0.1) is 0 Å². The highest BCUT2D eigenvalue weighted by molar-refractivity contribution is 6.04. The Morgan fingerprint density at radius 3 is 2.19 bits per heavy atom. The molecule has 0 bridgehead atoms. The summed E-state index contributed by atoms with van der Waals surface area (Å²) < 4.78 is 0. The molecular formula is C12H17NO3. The van der Waals surface area contributed by atoms with Crippen molar-refractivity contribution in [2.24, 2.45) is 16.7 Å². The summed E-state index contributed by atoms with van der Waals surface area (Å²) in [4.78, 5) is 22.7. The van der Waals surface area contributed by atoms with E-state index in [0.29, 0.717) is 24.8 Å². The number of carbonyl (C=O) groups is 2. The summed E-state index contributed by atoms with van der Waals surface area (Å²) in [5, 5.41) is 11.9. The van der Waals surface area contributed by atoms with Gasteiger partial charge >= 0.3 is 5.97 Å². The van der Waals surface area contributed by atoms with Crippen LogP contribution in [-0.2, 0) is 9.59 Å². The van der Waals surface area contributed by atoms with Crippen LogP contribution in [0.5, 0.6) is 0 Å². The zero-order valence-corrected chi connectivity index (χ0v) is 9.29. The van der Waals surface area contributed by atoms with Crippen molar-refractivity contribution in [3.63, 3.8) is 0 Å². The van der Waals surface area contributed by atoms with Crippen LogP contribution in [0.15, 0.2) is 0 Å². The van der Waals surface area contributed by atoms with Crippen molar-refractivity contribution < 1.29 is 14.7 Å². The number of hydrogen-bond donors (Lipinski definition) is 2. The van der Waals surface area contributed by atoms with E-state index in [4.69, 9.17) is 5.11 Å². The fraction of sp³-hybridized carbons (Fsp3) is 0.833. The average molecular weight is 223 g/mol. The van der Waals surface area contributed by atoms with Gasteiger partial charge in [-0.2, -0.15) is 0 Å². The molecule has 0 heterocycles. The summed E-state index contributed by atoms with van der Waals surface area (Å²) in [5.41, 5.74) is -0.718. The normalized spacial score (nSPS) is 28.2. The lowest BCUT2D eigenvalue weighted by molar-refractivity contribution is -0.149. The summed E-state index contributed by atoms with van der Waals surface area (Å²) in [6, 6.07) is 0. The van der Waals surface area contributed by atoms with Crippen molar-refractivity contribution in [3.05, 3.63) is 0 Å². The molecule has 0 aromatic heterocycles. The van der Waals surface area contributed by atoms with E-state index in [1.54, 1.807) is 0 Å². The van der Waals surface area contributed by atoms with Gasteiger partial charge in [-0.1, -0.05) is 0 Å². The zero-order chi connectivity index (χ0) is 11.4. The van der Waals surface area contributed by atoms with E-state index in [1.165, 1.54) is 25.7 Å². The van der Waals surface area contributed by atoms with Crippen molar-refractivity contribution >= 4 is 11.9 Å². The number of hydrogen-bond acceptors (Lipinski definition) is 2. The van der Waals surface area contributed by atoms with Gasteiger partial charge in [-0.05, 0) is 49.9 Å². The number of rotatable bonds is 5. The Labute approximate surface area is 94.4 Å². The summed E-state index contributed by atoms with van der Waals surface area (Å²) in [6.45, 7) is 0.700. The summed E-state index contributed by atoms with van der Waals surface area (Å²) in [5.74, 6) is -0.416. The first-order valence-electron chi connectivity index (χ1n) is 6.11. The number of carboxylic acid groups (broad SMARTS) is 1. The molecule has 1 amide bonds. The summed E-state index contributed by atoms with van der Waals surface area (Å²) in [7, 11) is 0. The fourth-order valence-electron chi connectivity index (χ4n) is 2.67. The highest BCUT2D eigenvalue weighted by Crippen LogP contribution is 2.61. The predicted molar refractivity (Wildman–Crippen MR) is 56.7 cm³/mol. The van der Waals surface area contributed by atoms with E-state index in [9.17, 15) is 9.59 Å². The minimum Gasteiger partial charge on any atom is -0.480 e. The largest absolute Gasteiger partial charge is 0.480 e. The standard InChI is InChI=1S/C12H17NO3/c14-9(12(5-6-12)10(15)16)13-7-11(3-4-11)8-1-2-8/h8H,1-7H2,(H,13,14)(H,15,16). The Hall–Kier alpha value is -1.06. The number of aliphatic carboxylic acids is 1.